The van der Waals surface area contributed by atoms with Crippen LogP contribution in [0.1, 0.15) is 32.4 Å². The average Bonchev–Trinajstić information content (AvgIpc) is 2.56. The SMILES string of the molecule is CC(C)C(C)NC1C(=O)Nc2cccc(Br)c21. The van der Waals surface area contributed by atoms with Crippen LogP contribution in [0, 0.1) is 5.92 Å². The molecular weight excluding hydrogens is 280 g/mol. The molecule has 0 bridgehead atoms. The normalized spacial score (nSPS) is 20.3. The lowest BCUT2D eigenvalue weighted by Crippen LogP contribution is -2.37. The number of hydrogen-bond acceptors (Lipinski definition) is 2. The Bertz CT molecular complexity index is 445. The van der Waals surface area contributed by atoms with Crippen LogP contribution in [0.2, 0.25) is 0 Å². The third kappa shape index (κ3) is 2.38. The molecule has 2 rings (SSSR count). The summed E-state index contributed by atoms with van der Waals surface area (Å²) in [6.45, 7) is 6.39. The Labute approximate surface area is 110 Å². The lowest BCUT2D eigenvalue weighted by Gasteiger charge is -2.22. The summed E-state index contributed by atoms with van der Waals surface area (Å²) in [5.41, 5.74) is 1.92. The molecule has 1 heterocycles. The Kier molecular flexibility index (Phi) is 3.54. The van der Waals surface area contributed by atoms with E-state index in [9.17, 15) is 4.79 Å². The molecule has 4 heteroatoms. The number of hydrogen-bond donors (Lipinski definition) is 2. The van der Waals surface area contributed by atoms with Crippen molar-refractivity contribution < 1.29 is 4.79 Å². The van der Waals surface area contributed by atoms with Crippen LogP contribution >= 0.6 is 15.9 Å². The Balaban J connectivity index is 2.28. The van der Waals surface area contributed by atoms with E-state index in [1.54, 1.807) is 0 Å². The number of benzene rings is 1. The van der Waals surface area contributed by atoms with Crippen molar-refractivity contribution in [3.63, 3.8) is 0 Å². The van der Waals surface area contributed by atoms with Crippen LogP contribution in [0.15, 0.2) is 22.7 Å². The molecule has 92 valence electrons. The predicted molar refractivity (Wildman–Crippen MR) is 72.9 cm³/mol. The van der Waals surface area contributed by atoms with Crippen molar-refractivity contribution >= 4 is 27.5 Å². The minimum Gasteiger partial charge on any atom is -0.324 e. The Morgan fingerprint density at radius 2 is 2.06 bits per heavy atom. The van der Waals surface area contributed by atoms with Crippen LogP contribution in [-0.4, -0.2) is 11.9 Å². The summed E-state index contributed by atoms with van der Waals surface area (Å²) >= 11 is 3.51. The molecule has 0 saturated heterocycles. The maximum atomic E-state index is 11.9. The van der Waals surface area contributed by atoms with Gasteiger partial charge in [0, 0.05) is 21.8 Å². The molecule has 0 aromatic heterocycles. The zero-order chi connectivity index (χ0) is 12.6. The number of carbonyl (C=O) groups is 1. The first kappa shape index (κ1) is 12.6. The second-order valence-electron chi connectivity index (χ2n) is 4.82. The topological polar surface area (TPSA) is 41.1 Å². The van der Waals surface area contributed by atoms with Crippen LogP contribution in [-0.2, 0) is 4.79 Å². The molecule has 0 radical (unpaired) electrons. The van der Waals surface area contributed by atoms with Crippen molar-refractivity contribution in [3.05, 3.63) is 28.2 Å². The van der Waals surface area contributed by atoms with Crippen LogP contribution in [0.5, 0.6) is 0 Å². The molecule has 1 aromatic carbocycles. The number of nitrogens with one attached hydrogen (secondary N) is 2. The van der Waals surface area contributed by atoms with E-state index in [0.717, 1.165) is 15.7 Å². The summed E-state index contributed by atoms with van der Waals surface area (Å²) in [6.07, 6.45) is 0. The van der Waals surface area contributed by atoms with Crippen molar-refractivity contribution in [2.45, 2.75) is 32.9 Å². The molecule has 0 fully saturated rings. The maximum Gasteiger partial charge on any atom is 0.246 e. The maximum absolute atomic E-state index is 11.9. The van der Waals surface area contributed by atoms with Crippen LogP contribution < -0.4 is 10.6 Å². The summed E-state index contributed by atoms with van der Waals surface area (Å²) in [5, 5.41) is 6.28. The lowest BCUT2D eigenvalue weighted by atomic mass is 10.0. The van der Waals surface area contributed by atoms with Gasteiger partial charge in [0.05, 0.1) is 0 Å². The van der Waals surface area contributed by atoms with E-state index in [1.807, 2.05) is 18.2 Å². The first-order chi connectivity index (χ1) is 8.00. The fourth-order valence-electron chi connectivity index (χ4n) is 1.89. The molecule has 1 aliphatic rings. The quantitative estimate of drug-likeness (QED) is 0.900. The van der Waals surface area contributed by atoms with Gasteiger partial charge in [-0.3, -0.25) is 10.1 Å². The summed E-state index contributed by atoms with van der Waals surface area (Å²) in [7, 11) is 0. The van der Waals surface area contributed by atoms with E-state index in [-0.39, 0.29) is 11.9 Å². The molecule has 17 heavy (non-hydrogen) atoms. The van der Waals surface area contributed by atoms with Crippen molar-refractivity contribution in [2.75, 3.05) is 5.32 Å². The first-order valence-corrected chi connectivity index (χ1v) is 6.65. The van der Waals surface area contributed by atoms with Crippen LogP contribution in [0.3, 0.4) is 0 Å². The summed E-state index contributed by atoms with van der Waals surface area (Å²) in [5.74, 6) is 0.522. The largest absolute Gasteiger partial charge is 0.324 e. The second kappa shape index (κ2) is 4.78. The molecule has 3 nitrogen and oxygen atoms in total. The third-order valence-corrected chi connectivity index (χ3v) is 3.98. The molecule has 1 aromatic rings. The van der Waals surface area contributed by atoms with Crippen molar-refractivity contribution in [1.29, 1.82) is 0 Å². The first-order valence-electron chi connectivity index (χ1n) is 5.86. The highest BCUT2D eigenvalue weighted by atomic mass is 79.9. The number of carbonyl (C=O) groups excluding carboxylic acids is 1. The minimum absolute atomic E-state index is 0.0272. The van der Waals surface area contributed by atoms with Gasteiger partial charge in [0.25, 0.3) is 0 Å². The predicted octanol–water partition coefficient (Wildman–Crippen LogP) is 3.08. The van der Waals surface area contributed by atoms with Gasteiger partial charge in [-0.1, -0.05) is 35.8 Å². The zero-order valence-electron chi connectivity index (χ0n) is 10.3. The van der Waals surface area contributed by atoms with Gasteiger partial charge in [-0.05, 0) is 25.0 Å². The number of amides is 1. The van der Waals surface area contributed by atoms with E-state index < -0.39 is 0 Å². The van der Waals surface area contributed by atoms with E-state index >= 15 is 0 Å². The number of rotatable bonds is 3. The smallest absolute Gasteiger partial charge is 0.246 e. The molecule has 2 atom stereocenters. The molecule has 0 spiro atoms. The molecule has 2 unspecified atom stereocenters. The Morgan fingerprint density at radius 1 is 1.35 bits per heavy atom. The van der Waals surface area contributed by atoms with Gasteiger partial charge in [0.1, 0.15) is 6.04 Å². The highest BCUT2D eigenvalue weighted by molar-refractivity contribution is 9.10. The van der Waals surface area contributed by atoms with Crippen LogP contribution in [0.25, 0.3) is 0 Å². The molecule has 0 aliphatic carbocycles. The second-order valence-corrected chi connectivity index (χ2v) is 5.68. The van der Waals surface area contributed by atoms with Crippen molar-refractivity contribution in [1.82, 2.24) is 5.32 Å². The average molecular weight is 297 g/mol. The van der Waals surface area contributed by atoms with Gasteiger partial charge in [-0.2, -0.15) is 0 Å². The van der Waals surface area contributed by atoms with Gasteiger partial charge in [0.2, 0.25) is 5.91 Å². The van der Waals surface area contributed by atoms with Gasteiger partial charge in [-0.25, -0.2) is 0 Å². The lowest BCUT2D eigenvalue weighted by molar-refractivity contribution is -0.117. The van der Waals surface area contributed by atoms with Gasteiger partial charge >= 0.3 is 0 Å². The van der Waals surface area contributed by atoms with Gasteiger partial charge in [0.15, 0.2) is 0 Å². The van der Waals surface area contributed by atoms with E-state index in [2.05, 4.69) is 47.3 Å². The van der Waals surface area contributed by atoms with Gasteiger partial charge in [-0.15, -0.1) is 0 Å². The molecule has 1 aliphatic heterocycles. The zero-order valence-corrected chi connectivity index (χ0v) is 11.8. The minimum atomic E-state index is -0.252. The number of anilines is 1. The fourth-order valence-corrected chi connectivity index (χ4v) is 2.48. The number of halogens is 1. The van der Waals surface area contributed by atoms with Gasteiger partial charge < -0.3 is 5.32 Å². The third-order valence-electron chi connectivity index (χ3n) is 3.29. The van der Waals surface area contributed by atoms with E-state index in [4.69, 9.17) is 0 Å². The van der Waals surface area contributed by atoms with Crippen LogP contribution in [0.4, 0.5) is 5.69 Å². The summed E-state index contributed by atoms with van der Waals surface area (Å²) in [4.78, 5) is 11.9. The van der Waals surface area contributed by atoms with E-state index in [1.165, 1.54) is 0 Å². The Hall–Kier alpha value is -0.870. The standard InChI is InChI=1S/C13H17BrN2O/c1-7(2)8(3)15-12-11-9(14)5-4-6-10(11)16-13(12)17/h4-8,12,15H,1-3H3,(H,16,17). The number of fused-ring (bicyclic) bond motifs is 1. The molecule has 0 saturated carbocycles. The Morgan fingerprint density at radius 3 is 2.71 bits per heavy atom. The molecular formula is C13H17BrN2O. The highest BCUT2D eigenvalue weighted by Crippen LogP contribution is 2.36. The monoisotopic (exact) mass is 296 g/mol. The van der Waals surface area contributed by atoms with Crippen molar-refractivity contribution in [2.24, 2.45) is 5.92 Å². The fraction of sp³-hybridized carbons (Fsp3) is 0.462. The molecule has 1 amide bonds. The summed E-state index contributed by atoms with van der Waals surface area (Å²) in [6, 6.07) is 5.87. The van der Waals surface area contributed by atoms with E-state index in [0.29, 0.717) is 12.0 Å². The van der Waals surface area contributed by atoms with Crippen molar-refractivity contribution in [3.8, 4) is 0 Å². The summed E-state index contributed by atoms with van der Waals surface area (Å²) < 4.78 is 0.974. The molecule has 2 N–H and O–H groups in total. The highest BCUT2D eigenvalue weighted by Gasteiger charge is 2.33.